The predicted molar refractivity (Wildman–Crippen MR) is 70.6 cm³/mol. The summed E-state index contributed by atoms with van der Waals surface area (Å²) in [6.07, 6.45) is 1.39. The molecule has 0 aliphatic heterocycles. The lowest BCUT2D eigenvalue weighted by molar-refractivity contribution is 0.0992. The summed E-state index contributed by atoms with van der Waals surface area (Å²) in [6, 6.07) is 0. The van der Waals surface area contributed by atoms with Gasteiger partial charge in [-0.3, -0.25) is 4.79 Å². The van der Waals surface area contributed by atoms with Crippen molar-refractivity contribution in [3.05, 3.63) is 4.88 Å². The van der Waals surface area contributed by atoms with E-state index in [2.05, 4.69) is 5.32 Å². The van der Waals surface area contributed by atoms with E-state index in [1.165, 1.54) is 0 Å². The fourth-order valence-corrected chi connectivity index (χ4v) is 4.09. The van der Waals surface area contributed by atoms with Crippen molar-refractivity contribution in [3.8, 4) is 0 Å². The molecule has 0 saturated carbocycles. The van der Waals surface area contributed by atoms with E-state index in [0.29, 0.717) is 22.8 Å². The van der Waals surface area contributed by atoms with Crippen LogP contribution in [-0.4, -0.2) is 27.0 Å². The average Bonchev–Trinajstić information content (AvgIpc) is 2.54. The number of nitrogens with one attached hydrogen (secondary N) is 1. The second-order valence-corrected chi connectivity index (χ2v) is 6.56. The topological polar surface area (TPSA) is 89.3 Å². The van der Waals surface area contributed by atoms with Gasteiger partial charge in [0.2, 0.25) is 0 Å². The summed E-state index contributed by atoms with van der Waals surface area (Å²) in [6.45, 7) is 4.14. The van der Waals surface area contributed by atoms with Gasteiger partial charge >= 0.3 is 0 Å². The molecule has 0 unspecified atom stereocenters. The minimum atomic E-state index is -3.44. The highest BCUT2D eigenvalue weighted by molar-refractivity contribution is 7.91. The van der Waals surface area contributed by atoms with Crippen molar-refractivity contribution in [2.45, 2.75) is 25.2 Å². The fraction of sp³-hybridized carbons (Fsp3) is 0.500. The zero-order valence-corrected chi connectivity index (χ0v) is 11.7. The van der Waals surface area contributed by atoms with Gasteiger partial charge in [-0.05, 0) is 6.92 Å². The maximum Gasteiger partial charge on any atom is 0.180 e. The second-order valence-electron chi connectivity index (χ2n) is 3.58. The Hall–Kier alpha value is -1.08. The van der Waals surface area contributed by atoms with E-state index in [-0.39, 0.29) is 16.4 Å². The molecule has 5 nitrogen and oxygen atoms in total. The molecule has 0 saturated heterocycles. The predicted octanol–water partition coefficient (Wildman–Crippen LogP) is 1.76. The molecule has 0 atom stereocenters. The Morgan fingerprint density at radius 3 is 2.41 bits per heavy atom. The summed E-state index contributed by atoms with van der Waals surface area (Å²) in [5.41, 5.74) is 5.84. The Morgan fingerprint density at radius 1 is 1.41 bits per heavy atom. The lowest BCUT2D eigenvalue weighted by Crippen LogP contribution is -2.06. The van der Waals surface area contributed by atoms with Crippen molar-refractivity contribution in [2.75, 3.05) is 23.9 Å². The van der Waals surface area contributed by atoms with Crippen LogP contribution in [0.1, 0.15) is 29.9 Å². The molecule has 0 radical (unpaired) electrons. The Morgan fingerprint density at radius 2 is 2.00 bits per heavy atom. The zero-order chi connectivity index (χ0) is 13.2. The molecule has 1 rings (SSSR count). The number of thiophene rings is 1. The minimum absolute atomic E-state index is 0.0427. The van der Waals surface area contributed by atoms with Crippen molar-refractivity contribution < 1.29 is 13.2 Å². The number of nitrogen functional groups attached to an aromatic ring is 1. The van der Waals surface area contributed by atoms with Crippen molar-refractivity contribution in [3.63, 3.8) is 0 Å². The summed E-state index contributed by atoms with van der Waals surface area (Å²) in [7, 11) is -3.44. The maximum atomic E-state index is 11.6. The zero-order valence-electron chi connectivity index (χ0n) is 10.0. The van der Waals surface area contributed by atoms with E-state index in [1.54, 1.807) is 6.92 Å². The normalized spacial score (nSPS) is 11.5. The third-order valence-corrected chi connectivity index (χ3v) is 4.68. The SMILES string of the molecule is CCNc1sc(C(=O)CC)c(N)c1S(C)(=O)=O. The molecule has 0 amide bonds. The molecule has 17 heavy (non-hydrogen) atoms. The highest BCUT2D eigenvalue weighted by Crippen LogP contribution is 2.39. The quantitative estimate of drug-likeness (QED) is 0.800. The fourth-order valence-electron chi connectivity index (χ4n) is 1.44. The van der Waals surface area contributed by atoms with Crippen LogP contribution in [-0.2, 0) is 9.84 Å². The molecule has 0 fully saturated rings. The number of hydrogen-bond donors (Lipinski definition) is 2. The first kappa shape index (κ1) is 14.0. The third kappa shape index (κ3) is 2.78. The summed E-state index contributed by atoms with van der Waals surface area (Å²) < 4.78 is 23.3. The molecule has 0 bridgehead atoms. The Bertz CT molecular complexity index is 532. The molecule has 3 N–H and O–H groups in total. The van der Waals surface area contributed by atoms with E-state index >= 15 is 0 Å². The number of anilines is 2. The minimum Gasteiger partial charge on any atom is -0.396 e. The molecule has 1 aromatic rings. The Labute approximate surface area is 105 Å². The standard InChI is InChI=1S/C10H16N2O3S2/c1-4-6(13)8-7(11)9(17(3,14)15)10(16-8)12-5-2/h12H,4-5,11H2,1-3H3. The Balaban J connectivity index is 3.46. The second kappa shape index (κ2) is 5.05. The number of rotatable bonds is 5. The maximum absolute atomic E-state index is 11.6. The van der Waals surface area contributed by atoms with Gasteiger partial charge in [0.05, 0.1) is 10.6 Å². The van der Waals surface area contributed by atoms with Crippen molar-refractivity contribution in [2.24, 2.45) is 0 Å². The van der Waals surface area contributed by atoms with Crippen LogP contribution >= 0.6 is 11.3 Å². The average molecular weight is 276 g/mol. The van der Waals surface area contributed by atoms with Crippen LogP contribution in [0.25, 0.3) is 0 Å². The first-order valence-electron chi connectivity index (χ1n) is 5.22. The van der Waals surface area contributed by atoms with Gasteiger partial charge in [-0.25, -0.2) is 8.42 Å². The molecule has 0 aliphatic carbocycles. The van der Waals surface area contributed by atoms with Gasteiger partial charge in [0.25, 0.3) is 0 Å². The molecule has 1 aromatic heterocycles. The van der Waals surface area contributed by atoms with Gasteiger partial charge in [0.1, 0.15) is 9.90 Å². The van der Waals surface area contributed by atoms with Crippen LogP contribution in [0.2, 0.25) is 0 Å². The molecule has 0 aromatic carbocycles. The molecule has 7 heteroatoms. The summed E-state index contributed by atoms with van der Waals surface area (Å²) in [5.74, 6) is -0.137. The van der Waals surface area contributed by atoms with Gasteiger partial charge in [0.15, 0.2) is 15.6 Å². The summed E-state index contributed by atoms with van der Waals surface area (Å²) >= 11 is 1.11. The van der Waals surface area contributed by atoms with Gasteiger partial charge in [-0.15, -0.1) is 11.3 Å². The van der Waals surface area contributed by atoms with Crippen LogP contribution in [0.5, 0.6) is 0 Å². The number of carbonyl (C=O) groups excluding carboxylic acids is 1. The number of sulfone groups is 1. The van der Waals surface area contributed by atoms with Crippen LogP contribution in [0.15, 0.2) is 4.90 Å². The Kier molecular flexibility index (Phi) is 4.16. The van der Waals surface area contributed by atoms with E-state index in [9.17, 15) is 13.2 Å². The highest BCUT2D eigenvalue weighted by atomic mass is 32.2. The van der Waals surface area contributed by atoms with E-state index in [1.807, 2.05) is 6.92 Å². The van der Waals surface area contributed by atoms with Gasteiger partial charge in [0, 0.05) is 19.2 Å². The molecular formula is C10H16N2O3S2. The smallest absolute Gasteiger partial charge is 0.180 e. The van der Waals surface area contributed by atoms with Crippen LogP contribution in [0, 0.1) is 0 Å². The number of carbonyl (C=O) groups is 1. The molecule has 1 heterocycles. The van der Waals surface area contributed by atoms with Crippen LogP contribution in [0.4, 0.5) is 10.7 Å². The number of nitrogens with two attached hydrogens (primary N) is 1. The first-order valence-corrected chi connectivity index (χ1v) is 7.93. The van der Waals surface area contributed by atoms with E-state index < -0.39 is 9.84 Å². The monoisotopic (exact) mass is 276 g/mol. The largest absolute Gasteiger partial charge is 0.396 e. The summed E-state index contributed by atoms with van der Waals surface area (Å²) in [4.78, 5) is 12.0. The van der Waals surface area contributed by atoms with Gasteiger partial charge in [-0.1, -0.05) is 6.92 Å². The van der Waals surface area contributed by atoms with Crippen molar-refractivity contribution in [1.82, 2.24) is 0 Å². The number of hydrogen-bond acceptors (Lipinski definition) is 6. The third-order valence-electron chi connectivity index (χ3n) is 2.18. The first-order chi connectivity index (χ1) is 7.82. The van der Waals surface area contributed by atoms with Gasteiger partial charge in [-0.2, -0.15) is 0 Å². The van der Waals surface area contributed by atoms with Crippen molar-refractivity contribution >= 4 is 37.6 Å². The molecular weight excluding hydrogens is 260 g/mol. The summed E-state index contributed by atoms with van der Waals surface area (Å²) in [5, 5.41) is 3.38. The number of ketones is 1. The van der Waals surface area contributed by atoms with Crippen LogP contribution < -0.4 is 11.1 Å². The molecule has 0 spiro atoms. The molecule has 0 aliphatic rings. The molecule has 96 valence electrons. The number of Topliss-reactive ketones (excluding diaryl/α,β-unsaturated/α-hetero) is 1. The van der Waals surface area contributed by atoms with Crippen LogP contribution in [0.3, 0.4) is 0 Å². The highest BCUT2D eigenvalue weighted by Gasteiger charge is 2.25. The van der Waals surface area contributed by atoms with E-state index in [0.717, 1.165) is 17.6 Å². The lowest BCUT2D eigenvalue weighted by atomic mass is 10.2. The van der Waals surface area contributed by atoms with Crippen molar-refractivity contribution in [1.29, 1.82) is 0 Å². The van der Waals surface area contributed by atoms with E-state index in [4.69, 9.17) is 5.73 Å². The van der Waals surface area contributed by atoms with Gasteiger partial charge < -0.3 is 11.1 Å². The lowest BCUT2D eigenvalue weighted by Gasteiger charge is -2.03.